The molecule has 0 aliphatic heterocycles. The Morgan fingerprint density at radius 3 is 2.52 bits per heavy atom. The smallest absolute Gasteiger partial charge is 0.480 e. The summed E-state index contributed by atoms with van der Waals surface area (Å²) in [6, 6.07) is 1.18. The molecule has 0 bridgehead atoms. The van der Waals surface area contributed by atoms with Crippen LogP contribution < -0.4 is 15.2 Å². The molecule has 2 rings (SSSR count). The number of anilines is 2. The van der Waals surface area contributed by atoms with Gasteiger partial charge in [-0.15, -0.1) is 0 Å². The Balaban J connectivity index is 2.51. The lowest BCUT2D eigenvalue weighted by atomic mass is 10.2. The summed E-state index contributed by atoms with van der Waals surface area (Å²) < 4.78 is 66.3. The minimum absolute atomic E-state index is 0.269. The molecule has 23 heavy (non-hydrogen) atoms. The van der Waals surface area contributed by atoms with Crippen molar-refractivity contribution >= 4 is 32.2 Å². The largest absolute Gasteiger partial charge is 0.516 e. The van der Waals surface area contributed by atoms with Gasteiger partial charge in [0.1, 0.15) is 5.69 Å². The number of hydrogen-bond donors (Lipinski definition) is 2. The quantitative estimate of drug-likeness (QED) is 0.858. The van der Waals surface area contributed by atoms with Crippen molar-refractivity contribution in [3.05, 3.63) is 18.0 Å². The van der Waals surface area contributed by atoms with Crippen molar-refractivity contribution in [3.8, 4) is 16.3 Å². The van der Waals surface area contributed by atoms with E-state index in [0.717, 1.165) is 18.4 Å². The number of halogens is 3. The number of ether oxygens (including phenoxy) is 1. The lowest BCUT2D eigenvalue weighted by Crippen LogP contribution is -2.30. The standard InChI is InChI=1S/C11H11F3N4O3S2/c1-5-8(22-10(15)17-5)6-3-7(9(21-2)16-4-6)18-23(19,20)11(12,13)14/h3-4,18H,1-2H3,(H2,15,17). The Morgan fingerprint density at radius 2 is 2.04 bits per heavy atom. The van der Waals surface area contributed by atoms with Crippen LogP contribution in [0.2, 0.25) is 0 Å². The van der Waals surface area contributed by atoms with Gasteiger partial charge in [0.25, 0.3) is 0 Å². The Morgan fingerprint density at radius 1 is 1.39 bits per heavy atom. The molecule has 0 aliphatic carbocycles. The molecule has 2 aromatic rings. The van der Waals surface area contributed by atoms with E-state index in [4.69, 9.17) is 10.5 Å². The van der Waals surface area contributed by atoms with Gasteiger partial charge in [0.05, 0.1) is 17.7 Å². The summed E-state index contributed by atoms with van der Waals surface area (Å²) in [5.74, 6) is -0.295. The van der Waals surface area contributed by atoms with E-state index in [1.807, 2.05) is 0 Å². The highest BCUT2D eigenvalue weighted by atomic mass is 32.2. The summed E-state index contributed by atoms with van der Waals surface area (Å²) in [4.78, 5) is 8.36. The average molecular weight is 368 g/mol. The number of pyridine rings is 1. The van der Waals surface area contributed by atoms with Gasteiger partial charge in [-0.25, -0.2) is 9.97 Å². The second-order valence-corrected chi connectivity index (χ2v) is 7.00. The molecular formula is C11H11F3N4O3S2. The lowest BCUT2D eigenvalue weighted by Gasteiger charge is -2.13. The van der Waals surface area contributed by atoms with E-state index < -0.39 is 21.2 Å². The number of methoxy groups -OCH3 is 1. The van der Waals surface area contributed by atoms with Crippen LogP contribution in [0.1, 0.15) is 5.69 Å². The summed E-state index contributed by atoms with van der Waals surface area (Å²) in [6.07, 6.45) is 1.32. The fourth-order valence-electron chi connectivity index (χ4n) is 1.70. The number of nitrogens with two attached hydrogens (primary N) is 1. The van der Waals surface area contributed by atoms with Crippen molar-refractivity contribution in [2.45, 2.75) is 12.4 Å². The normalized spacial score (nSPS) is 12.2. The minimum atomic E-state index is -5.59. The Bertz CT molecular complexity index is 834. The highest BCUT2D eigenvalue weighted by Gasteiger charge is 2.46. The van der Waals surface area contributed by atoms with Gasteiger partial charge in [-0.1, -0.05) is 11.3 Å². The first-order chi connectivity index (χ1) is 10.5. The topological polar surface area (TPSA) is 107 Å². The second kappa shape index (κ2) is 5.85. The molecule has 0 atom stereocenters. The molecular weight excluding hydrogens is 357 g/mol. The molecule has 2 heterocycles. The third-order valence-corrected chi connectivity index (χ3v) is 4.80. The van der Waals surface area contributed by atoms with Crippen molar-refractivity contribution in [3.63, 3.8) is 0 Å². The molecule has 0 saturated carbocycles. The fourth-order valence-corrected chi connectivity index (χ4v) is 3.07. The first-order valence-corrected chi connectivity index (χ1v) is 8.21. The van der Waals surface area contributed by atoms with Crippen LogP contribution >= 0.6 is 11.3 Å². The van der Waals surface area contributed by atoms with E-state index in [-0.39, 0.29) is 11.0 Å². The first kappa shape index (κ1) is 17.3. The van der Waals surface area contributed by atoms with Crippen molar-refractivity contribution in [2.75, 3.05) is 17.6 Å². The predicted molar refractivity (Wildman–Crippen MR) is 79.6 cm³/mol. The predicted octanol–water partition coefficient (Wildman–Crippen LogP) is 2.37. The highest BCUT2D eigenvalue weighted by molar-refractivity contribution is 7.93. The maximum absolute atomic E-state index is 12.5. The molecule has 12 heteroatoms. The van der Waals surface area contributed by atoms with Crippen molar-refractivity contribution in [2.24, 2.45) is 0 Å². The number of rotatable bonds is 4. The molecule has 0 amide bonds. The minimum Gasteiger partial charge on any atom is -0.480 e. The third kappa shape index (κ3) is 3.47. The molecule has 0 radical (unpaired) electrons. The number of alkyl halides is 3. The van der Waals surface area contributed by atoms with E-state index >= 15 is 0 Å². The zero-order valence-electron chi connectivity index (χ0n) is 11.8. The molecule has 0 fully saturated rings. The Kier molecular flexibility index (Phi) is 4.39. The molecule has 2 aromatic heterocycles. The van der Waals surface area contributed by atoms with Crippen molar-refractivity contribution in [1.29, 1.82) is 0 Å². The Hall–Kier alpha value is -2.08. The number of nitrogens with one attached hydrogen (secondary N) is 1. The van der Waals surface area contributed by atoms with Gasteiger partial charge in [-0.05, 0) is 13.0 Å². The number of aryl methyl sites for hydroxylation is 1. The summed E-state index contributed by atoms with van der Waals surface area (Å²) in [5, 5.41) is 0.269. The van der Waals surface area contributed by atoms with E-state index in [2.05, 4.69) is 9.97 Å². The molecule has 0 aliphatic rings. The first-order valence-electron chi connectivity index (χ1n) is 5.91. The number of nitrogen functional groups attached to an aromatic ring is 1. The summed E-state index contributed by atoms with van der Waals surface area (Å²) >= 11 is 1.10. The van der Waals surface area contributed by atoms with Gasteiger partial charge in [-0.2, -0.15) is 21.6 Å². The molecule has 7 nitrogen and oxygen atoms in total. The maximum Gasteiger partial charge on any atom is 0.516 e. The van der Waals surface area contributed by atoms with Gasteiger partial charge in [-0.3, -0.25) is 4.72 Å². The molecule has 0 aromatic carbocycles. The zero-order valence-corrected chi connectivity index (χ0v) is 13.4. The van der Waals surface area contributed by atoms with Gasteiger partial charge >= 0.3 is 15.5 Å². The van der Waals surface area contributed by atoms with Crippen LogP contribution in [-0.2, 0) is 10.0 Å². The monoisotopic (exact) mass is 368 g/mol. The number of thiazole rings is 1. The lowest BCUT2D eigenvalue weighted by molar-refractivity contribution is -0.0429. The van der Waals surface area contributed by atoms with Crippen LogP contribution in [0.25, 0.3) is 10.4 Å². The molecule has 126 valence electrons. The van der Waals surface area contributed by atoms with Gasteiger partial charge in [0.15, 0.2) is 5.13 Å². The van der Waals surface area contributed by atoms with E-state index in [1.54, 1.807) is 6.92 Å². The number of sulfonamides is 1. The number of hydrogen-bond acceptors (Lipinski definition) is 7. The van der Waals surface area contributed by atoms with Gasteiger partial charge in [0.2, 0.25) is 5.88 Å². The Labute approximate surface area is 133 Å². The van der Waals surface area contributed by atoms with Crippen LogP contribution in [-0.4, -0.2) is 31.0 Å². The number of aromatic nitrogens is 2. The average Bonchev–Trinajstić information content (AvgIpc) is 2.76. The third-order valence-electron chi connectivity index (χ3n) is 2.67. The fraction of sp³-hybridized carbons (Fsp3) is 0.273. The van der Waals surface area contributed by atoms with Crippen LogP contribution in [0.15, 0.2) is 12.3 Å². The maximum atomic E-state index is 12.5. The molecule has 0 spiro atoms. The van der Waals surface area contributed by atoms with Crippen LogP contribution in [0.4, 0.5) is 24.0 Å². The summed E-state index contributed by atoms with van der Waals surface area (Å²) in [5.41, 5.74) is 0.580. The molecule has 0 saturated heterocycles. The zero-order chi connectivity index (χ0) is 17.4. The van der Waals surface area contributed by atoms with Gasteiger partial charge in [0, 0.05) is 11.8 Å². The number of nitrogens with zero attached hydrogens (tertiary/aromatic N) is 2. The van der Waals surface area contributed by atoms with Gasteiger partial charge < -0.3 is 10.5 Å². The van der Waals surface area contributed by atoms with Crippen molar-refractivity contribution in [1.82, 2.24) is 9.97 Å². The van der Waals surface area contributed by atoms with E-state index in [1.165, 1.54) is 17.0 Å². The van der Waals surface area contributed by atoms with E-state index in [9.17, 15) is 21.6 Å². The van der Waals surface area contributed by atoms with Crippen LogP contribution in [0.5, 0.6) is 5.88 Å². The summed E-state index contributed by atoms with van der Waals surface area (Å²) in [6.45, 7) is 1.66. The SMILES string of the molecule is COc1ncc(-c2sc(N)nc2C)cc1NS(=O)(=O)C(F)(F)F. The second-order valence-electron chi connectivity index (χ2n) is 4.30. The van der Waals surface area contributed by atoms with E-state index in [0.29, 0.717) is 16.1 Å². The summed E-state index contributed by atoms with van der Waals surface area (Å²) in [7, 11) is -4.44. The van der Waals surface area contributed by atoms with Crippen molar-refractivity contribution < 1.29 is 26.3 Å². The molecule has 3 N–H and O–H groups in total. The van der Waals surface area contributed by atoms with Crippen LogP contribution in [0.3, 0.4) is 0 Å². The molecule has 0 unspecified atom stereocenters. The highest BCUT2D eigenvalue weighted by Crippen LogP contribution is 2.36. The van der Waals surface area contributed by atoms with Crippen LogP contribution in [0, 0.1) is 6.92 Å².